The van der Waals surface area contributed by atoms with Gasteiger partial charge < -0.3 is 19.9 Å². The number of nitrogens with zero attached hydrogens (tertiary/aromatic N) is 1. The SMILES string of the molecule is CCN(CC)C(=O)C[NH+](C)CC(=O)Nc1ccc(OC(F)(F)F)cc1. The minimum Gasteiger partial charge on any atom is -0.406 e. The Morgan fingerprint density at radius 3 is 2.16 bits per heavy atom. The van der Waals surface area contributed by atoms with E-state index in [0.29, 0.717) is 23.7 Å². The summed E-state index contributed by atoms with van der Waals surface area (Å²) in [5.41, 5.74) is 0.349. The number of anilines is 1. The van der Waals surface area contributed by atoms with Crippen LogP contribution in [0.3, 0.4) is 0 Å². The molecule has 6 nitrogen and oxygen atoms in total. The number of nitrogens with one attached hydrogen (secondary N) is 2. The van der Waals surface area contributed by atoms with Gasteiger partial charge in [-0.05, 0) is 38.1 Å². The molecule has 1 aromatic rings. The summed E-state index contributed by atoms with van der Waals surface area (Å²) in [5.74, 6) is -0.739. The number of quaternary nitrogens is 1. The van der Waals surface area contributed by atoms with E-state index in [1.54, 1.807) is 11.9 Å². The summed E-state index contributed by atoms with van der Waals surface area (Å²) in [6.07, 6.45) is -4.76. The van der Waals surface area contributed by atoms with Crippen LogP contribution in [0.2, 0.25) is 0 Å². The van der Waals surface area contributed by atoms with Gasteiger partial charge in [0.2, 0.25) is 0 Å². The first kappa shape index (κ1) is 20.8. The van der Waals surface area contributed by atoms with Crippen LogP contribution in [0.5, 0.6) is 5.75 Å². The smallest absolute Gasteiger partial charge is 0.406 e. The quantitative estimate of drug-likeness (QED) is 0.723. The third kappa shape index (κ3) is 7.88. The van der Waals surface area contributed by atoms with Gasteiger partial charge in [0.25, 0.3) is 11.8 Å². The zero-order valence-electron chi connectivity index (χ0n) is 14.4. The number of hydrogen-bond acceptors (Lipinski definition) is 3. The molecule has 0 radical (unpaired) electrons. The third-order valence-electron chi connectivity index (χ3n) is 3.40. The van der Waals surface area contributed by atoms with Crippen LogP contribution in [0.4, 0.5) is 18.9 Å². The summed E-state index contributed by atoms with van der Waals surface area (Å²) in [6, 6.07) is 4.86. The van der Waals surface area contributed by atoms with Crippen LogP contribution in [0.15, 0.2) is 24.3 Å². The largest absolute Gasteiger partial charge is 0.573 e. The first-order chi connectivity index (χ1) is 11.6. The minimum absolute atomic E-state index is 0.0380. The van der Waals surface area contributed by atoms with Gasteiger partial charge in [-0.25, -0.2) is 0 Å². The second-order valence-electron chi connectivity index (χ2n) is 5.50. The Hall–Kier alpha value is -2.29. The first-order valence-electron chi connectivity index (χ1n) is 7.89. The van der Waals surface area contributed by atoms with Crippen LogP contribution in [0, 0.1) is 0 Å². The maximum Gasteiger partial charge on any atom is 0.573 e. The zero-order chi connectivity index (χ0) is 19.0. The van der Waals surface area contributed by atoms with E-state index in [1.165, 1.54) is 12.1 Å². The van der Waals surface area contributed by atoms with E-state index in [1.807, 2.05) is 13.8 Å². The van der Waals surface area contributed by atoms with E-state index >= 15 is 0 Å². The van der Waals surface area contributed by atoms with Gasteiger partial charge in [0.05, 0.1) is 7.05 Å². The molecule has 0 aliphatic carbocycles. The van der Waals surface area contributed by atoms with Crippen LogP contribution in [-0.4, -0.2) is 56.3 Å². The van der Waals surface area contributed by atoms with Gasteiger partial charge in [0.1, 0.15) is 5.75 Å². The lowest BCUT2D eigenvalue weighted by Gasteiger charge is -2.20. The Kier molecular flexibility index (Phi) is 7.69. The van der Waals surface area contributed by atoms with Crippen molar-refractivity contribution in [1.29, 1.82) is 0 Å². The summed E-state index contributed by atoms with van der Waals surface area (Å²) >= 11 is 0. The second kappa shape index (κ2) is 9.26. The molecule has 2 N–H and O–H groups in total. The predicted molar refractivity (Wildman–Crippen MR) is 86.3 cm³/mol. The van der Waals surface area contributed by atoms with Gasteiger partial charge in [-0.1, -0.05) is 0 Å². The molecular formula is C16H23F3N3O3+. The third-order valence-corrected chi connectivity index (χ3v) is 3.40. The number of halogens is 3. The number of hydrogen-bond donors (Lipinski definition) is 2. The molecule has 0 aliphatic rings. The lowest BCUT2D eigenvalue weighted by molar-refractivity contribution is -0.862. The molecule has 0 aliphatic heterocycles. The van der Waals surface area contributed by atoms with Crippen molar-refractivity contribution in [1.82, 2.24) is 4.90 Å². The van der Waals surface area contributed by atoms with Crippen molar-refractivity contribution in [3.8, 4) is 5.75 Å². The number of ether oxygens (including phenoxy) is 1. The predicted octanol–water partition coefficient (Wildman–Crippen LogP) is 0.907. The van der Waals surface area contributed by atoms with Crippen LogP contribution >= 0.6 is 0 Å². The number of alkyl halides is 3. The summed E-state index contributed by atoms with van der Waals surface area (Å²) < 4.78 is 40.0. The maximum absolute atomic E-state index is 12.1. The van der Waals surface area contributed by atoms with Crippen molar-refractivity contribution >= 4 is 17.5 Å². The van der Waals surface area contributed by atoms with E-state index in [9.17, 15) is 22.8 Å². The molecule has 0 aromatic heterocycles. The molecule has 0 fully saturated rings. The van der Waals surface area contributed by atoms with Crippen molar-refractivity contribution in [3.05, 3.63) is 24.3 Å². The van der Waals surface area contributed by atoms with Gasteiger partial charge in [-0.15, -0.1) is 13.2 Å². The van der Waals surface area contributed by atoms with Gasteiger partial charge in [0, 0.05) is 18.8 Å². The van der Waals surface area contributed by atoms with Crippen LogP contribution < -0.4 is 15.0 Å². The average molecular weight is 362 g/mol. The molecule has 2 amide bonds. The highest BCUT2D eigenvalue weighted by Gasteiger charge is 2.31. The minimum atomic E-state index is -4.76. The number of benzene rings is 1. The van der Waals surface area contributed by atoms with Gasteiger partial charge >= 0.3 is 6.36 Å². The van der Waals surface area contributed by atoms with Gasteiger partial charge in [-0.2, -0.15) is 0 Å². The summed E-state index contributed by atoms with van der Waals surface area (Å²) in [6.45, 7) is 5.24. The Balaban J connectivity index is 2.49. The van der Waals surface area contributed by atoms with Crippen molar-refractivity contribution in [2.75, 3.05) is 38.5 Å². The van der Waals surface area contributed by atoms with E-state index in [0.717, 1.165) is 12.1 Å². The molecule has 1 unspecified atom stereocenters. The highest BCUT2D eigenvalue weighted by molar-refractivity contribution is 5.91. The Labute approximate surface area is 144 Å². The normalized spacial score (nSPS) is 12.4. The van der Waals surface area contributed by atoms with E-state index in [-0.39, 0.29) is 30.7 Å². The number of carbonyl (C=O) groups is 2. The van der Waals surface area contributed by atoms with Crippen LogP contribution in [0.25, 0.3) is 0 Å². The molecule has 0 saturated carbocycles. The molecule has 0 spiro atoms. The van der Waals surface area contributed by atoms with Crippen LogP contribution in [-0.2, 0) is 9.59 Å². The molecule has 0 heterocycles. The van der Waals surface area contributed by atoms with E-state index in [4.69, 9.17) is 0 Å². The monoisotopic (exact) mass is 362 g/mol. The molecule has 25 heavy (non-hydrogen) atoms. The lowest BCUT2D eigenvalue weighted by Crippen LogP contribution is -3.11. The highest BCUT2D eigenvalue weighted by Crippen LogP contribution is 2.23. The van der Waals surface area contributed by atoms with Crippen molar-refractivity contribution in [2.24, 2.45) is 0 Å². The molecule has 140 valence electrons. The molecule has 9 heteroatoms. The highest BCUT2D eigenvalue weighted by atomic mass is 19.4. The van der Waals surface area contributed by atoms with Crippen LogP contribution in [0.1, 0.15) is 13.8 Å². The Morgan fingerprint density at radius 2 is 1.68 bits per heavy atom. The first-order valence-corrected chi connectivity index (χ1v) is 7.89. The maximum atomic E-state index is 12.1. The Morgan fingerprint density at radius 1 is 1.12 bits per heavy atom. The topological polar surface area (TPSA) is 63.1 Å². The van der Waals surface area contributed by atoms with Gasteiger partial charge in [0.15, 0.2) is 13.1 Å². The lowest BCUT2D eigenvalue weighted by atomic mass is 10.3. The van der Waals surface area contributed by atoms with Crippen molar-refractivity contribution < 1.29 is 32.4 Å². The Bertz CT molecular complexity index is 572. The fraction of sp³-hybridized carbons (Fsp3) is 0.500. The number of amides is 2. The molecule has 1 rings (SSSR count). The van der Waals surface area contributed by atoms with Gasteiger partial charge in [-0.3, -0.25) is 9.59 Å². The molecule has 1 aromatic carbocycles. The molecule has 0 saturated heterocycles. The average Bonchev–Trinajstić information content (AvgIpc) is 2.48. The number of likely N-dealkylation sites (N-methyl/N-ethyl adjacent to an activating group) is 2. The van der Waals surface area contributed by atoms with E-state index in [2.05, 4.69) is 10.1 Å². The second-order valence-corrected chi connectivity index (χ2v) is 5.50. The standard InChI is InChI=1S/C16H22F3N3O3/c1-4-22(5-2)15(24)11-21(3)10-14(23)20-12-6-8-13(9-7-12)25-16(17,18)19/h6-9H,4-5,10-11H2,1-3H3,(H,20,23)/p+1. The van der Waals surface area contributed by atoms with Crippen molar-refractivity contribution in [2.45, 2.75) is 20.2 Å². The number of carbonyl (C=O) groups excluding carboxylic acids is 2. The summed E-state index contributed by atoms with van der Waals surface area (Å²) in [5, 5.41) is 2.57. The molecule has 1 atom stereocenters. The van der Waals surface area contributed by atoms with Crippen molar-refractivity contribution in [3.63, 3.8) is 0 Å². The fourth-order valence-electron chi connectivity index (χ4n) is 2.23. The molecule has 0 bridgehead atoms. The van der Waals surface area contributed by atoms with E-state index < -0.39 is 6.36 Å². The summed E-state index contributed by atoms with van der Waals surface area (Å²) in [4.78, 5) is 26.3. The zero-order valence-corrected chi connectivity index (χ0v) is 14.4. The fourth-order valence-corrected chi connectivity index (χ4v) is 2.23. The molecular weight excluding hydrogens is 339 g/mol. The summed E-state index contributed by atoms with van der Waals surface area (Å²) in [7, 11) is 1.72. The number of rotatable bonds is 8.